The molecule has 0 aromatic heterocycles. The van der Waals surface area contributed by atoms with Gasteiger partial charge in [-0.1, -0.05) is 0 Å². The van der Waals surface area contributed by atoms with E-state index in [9.17, 15) is 9.59 Å². The summed E-state index contributed by atoms with van der Waals surface area (Å²) in [7, 11) is 1.51. The topological polar surface area (TPSA) is 79.9 Å². The average molecular weight is 372 g/mol. The van der Waals surface area contributed by atoms with Crippen LogP contribution in [0, 0.1) is 0 Å². The number of hydrogen-bond acceptors (Lipinski definition) is 5. The molecule has 1 aromatic rings. The van der Waals surface area contributed by atoms with Gasteiger partial charge in [-0.15, -0.1) is 12.4 Å². The summed E-state index contributed by atoms with van der Waals surface area (Å²) < 4.78 is 10.8. The average Bonchev–Trinajstić information content (AvgIpc) is 2.59. The zero-order valence-electron chi connectivity index (χ0n) is 14.8. The van der Waals surface area contributed by atoms with Crippen molar-refractivity contribution in [1.82, 2.24) is 15.5 Å². The smallest absolute Gasteiger partial charge is 0.258 e. The van der Waals surface area contributed by atoms with Gasteiger partial charge in [0.15, 0.2) is 18.1 Å². The first-order valence-electron chi connectivity index (χ1n) is 8.11. The molecule has 140 valence electrons. The number of halogens is 1. The van der Waals surface area contributed by atoms with E-state index in [1.807, 2.05) is 18.7 Å². The van der Waals surface area contributed by atoms with Gasteiger partial charge >= 0.3 is 0 Å². The van der Waals surface area contributed by atoms with Crippen LogP contribution in [0.5, 0.6) is 11.5 Å². The van der Waals surface area contributed by atoms with Crippen LogP contribution in [0.4, 0.5) is 0 Å². The molecule has 0 atom stereocenters. The molecule has 2 amide bonds. The van der Waals surface area contributed by atoms with Gasteiger partial charge in [-0.25, -0.2) is 0 Å². The molecule has 0 aliphatic carbocycles. The molecule has 1 aliphatic heterocycles. The van der Waals surface area contributed by atoms with E-state index in [0.29, 0.717) is 30.2 Å². The van der Waals surface area contributed by atoms with E-state index >= 15 is 0 Å². The van der Waals surface area contributed by atoms with Gasteiger partial charge in [0.1, 0.15) is 0 Å². The van der Waals surface area contributed by atoms with E-state index in [1.165, 1.54) is 7.11 Å². The Morgan fingerprint density at radius 2 is 1.92 bits per heavy atom. The summed E-state index contributed by atoms with van der Waals surface area (Å²) in [5, 5.41) is 5.97. The maximum absolute atomic E-state index is 12.5. The molecule has 0 radical (unpaired) electrons. The van der Waals surface area contributed by atoms with Gasteiger partial charge in [0, 0.05) is 37.8 Å². The van der Waals surface area contributed by atoms with Crippen LogP contribution < -0.4 is 20.1 Å². The van der Waals surface area contributed by atoms with Crippen molar-refractivity contribution in [2.45, 2.75) is 19.9 Å². The Kier molecular flexibility index (Phi) is 8.51. The summed E-state index contributed by atoms with van der Waals surface area (Å²) in [6.45, 7) is 6.65. The predicted octanol–water partition coefficient (Wildman–Crippen LogP) is 1.07. The number of nitrogens with zero attached hydrogens (tertiary/aromatic N) is 1. The quantitative estimate of drug-likeness (QED) is 0.781. The van der Waals surface area contributed by atoms with Gasteiger partial charge in [0.2, 0.25) is 0 Å². The van der Waals surface area contributed by atoms with Gasteiger partial charge in [-0.05, 0) is 32.0 Å². The SMILES string of the molecule is COc1cc(C(=O)N2CCNCC2)ccc1OCC(=O)NC(C)C.Cl. The van der Waals surface area contributed by atoms with E-state index in [0.717, 1.165) is 13.1 Å². The largest absolute Gasteiger partial charge is 0.493 e. The fourth-order valence-electron chi connectivity index (χ4n) is 2.48. The highest BCUT2D eigenvalue weighted by Crippen LogP contribution is 2.28. The first-order chi connectivity index (χ1) is 11.5. The minimum absolute atomic E-state index is 0. The van der Waals surface area contributed by atoms with Crippen LogP contribution in [0.1, 0.15) is 24.2 Å². The lowest BCUT2D eigenvalue weighted by atomic mass is 10.1. The molecule has 0 spiro atoms. The second-order valence-corrected chi connectivity index (χ2v) is 5.92. The van der Waals surface area contributed by atoms with Gasteiger partial charge in [0.05, 0.1) is 7.11 Å². The predicted molar refractivity (Wildman–Crippen MR) is 97.8 cm³/mol. The van der Waals surface area contributed by atoms with Crippen LogP contribution in [0.25, 0.3) is 0 Å². The van der Waals surface area contributed by atoms with Gasteiger partial charge in [-0.3, -0.25) is 9.59 Å². The van der Waals surface area contributed by atoms with Crippen molar-refractivity contribution in [3.05, 3.63) is 23.8 Å². The third kappa shape index (κ3) is 6.10. The lowest BCUT2D eigenvalue weighted by Crippen LogP contribution is -2.46. The molecule has 0 saturated carbocycles. The van der Waals surface area contributed by atoms with E-state index in [2.05, 4.69) is 10.6 Å². The summed E-state index contributed by atoms with van der Waals surface area (Å²) in [5.74, 6) is 0.647. The van der Waals surface area contributed by atoms with Crippen molar-refractivity contribution in [3.8, 4) is 11.5 Å². The molecule has 2 N–H and O–H groups in total. The number of carbonyl (C=O) groups is 2. The Hall–Kier alpha value is -1.99. The summed E-state index contributed by atoms with van der Waals surface area (Å²) in [5.41, 5.74) is 0.549. The van der Waals surface area contributed by atoms with Crippen LogP contribution in [0.2, 0.25) is 0 Å². The van der Waals surface area contributed by atoms with E-state index in [-0.39, 0.29) is 36.9 Å². The molecule has 1 heterocycles. The normalized spacial score (nSPS) is 13.8. The molecule has 7 nitrogen and oxygen atoms in total. The molecular weight excluding hydrogens is 346 g/mol. The van der Waals surface area contributed by atoms with Crippen molar-refractivity contribution in [3.63, 3.8) is 0 Å². The number of benzene rings is 1. The fourth-order valence-corrected chi connectivity index (χ4v) is 2.48. The van der Waals surface area contributed by atoms with Gasteiger partial charge in [-0.2, -0.15) is 0 Å². The van der Waals surface area contributed by atoms with Crippen molar-refractivity contribution in [2.75, 3.05) is 39.9 Å². The summed E-state index contributed by atoms with van der Waals surface area (Å²) in [6, 6.07) is 5.07. The Morgan fingerprint density at radius 1 is 1.24 bits per heavy atom. The van der Waals surface area contributed by atoms with Crippen LogP contribution in [-0.4, -0.2) is 62.7 Å². The Morgan fingerprint density at radius 3 is 2.52 bits per heavy atom. The van der Waals surface area contributed by atoms with Gasteiger partial charge in [0.25, 0.3) is 11.8 Å². The second kappa shape index (κ2) is 10.1. The summed E-state index contributed by atoms with van der Waals surface area (Å²) in [6.07, 6.45) is 0. The zero-order chi connectivity index (χ0) is 17.5. The van der Waals surface area contributed by atoms with E-state index in [1.54, 1.807) is 18.2 Å². The van der Waals surface area contributed by atoms with Crippen molar-refractivity contribution < 1.29 is 19.1 Å². The maximum Gasteiger partial charge on any atom is 0.258 e. The molecule has 1 aromatic carbocycles. The maximum atomic E-state index is 12.5. The lowest BCUT2D eigenvalue weighted by Gasteiger charge is -2.27. The number of rotatable bonds is 6. The van der Waals surface area contributed by atoms with Crippen molar-refractivity contribution in [2.24, 2.45) is 0 Å². The Bertz CT molecular complexity index is 589. The third-order valence-corrected chi connectivity index (χ3v) is 3.62. The molecule has 0 unspecified atom stereocenters. The van der Waals surface area contributed by atoms with Crippen LogP contribution in [0.15, 0.2) is 18.2 Å². The summed E-state index contributed by atoms with van der Waals surface area (Å²) in [4.78, 5) is 26.0. The Labute approximate surface area is 154 Å². The summed E-state index contributed by atoms with van der Waals surface area (Å²) >= 11 is 0. The molecule has 2 rings (SSSR count). The number of nitrogens with one attached hydrogen (secondary N) is 2. The monoisotopic (exact) mass is 371 g/mol. The minimum atomic E-state index is -0.201. The molecule has 25 heavy (non-hydrogen) atoms. The van der Waals surface area contributed by atoms with Crippen LogP contribution >= 0.6 is 12.4 Å². The molecule has 1 fully saturated rings. The number of piperazine rings is 1. The highest BCUT2D eigenvalue weighted by atomic mass is 35.5. The van der Waals surface area contributed by atoms with E-state index < -0.39 is 0 Å². The van der Waals surface area contributed by atoms with Crippen molar-refractivity contribution >= 4 is 24.2 Å². The van der Waals surface area contributed by atoms with Gasteiger partial charge < -0.3 is 25.0 Å². The molecule has 8 heteroatoms. The van der Waals surface area contributed by atoms with Crippen LogP contribution in [0.3, 0.4) is 0 Å². The third-order valence-electron chi connectivity index (χ3n) is 3.62. The Balaban J connectivity index is 0.00000312. The fraction of sp³-hybridized carbons (Fsp3) is 0.529. The number of carbonyl (C=O) groups excluding carboxylic acids is 2. The second-order valence-electron chi connectivity index (χ2n) is 5.92. The standard InChI is InChI=1S/C17H25N3O4.ClH/c1-12(2)19-16(21)11-24-14-5-4-13(10-15(14)23-3)17(22)20-8-6-18-7-9-20;/h4-5,10,12,18H,6-9,11H2,1-3H3,(H,19,21);1H. The first-order valence-corrected chi connectivity index (χ1v) is 8.11. The molecule has 1 aliphatic rings. The highest BCUT2D eigenvalue weighted by Gasteiger charge is 2.19. The minimum Gasteiger partial charge on any atom is -0.493 e. The number of methoxy groups -OCH3 is 1. The number of hydrogen-bond donors (Lipinski definition) is 2. The van der Waals surface area contributed by atoms with Crippen LogP contribution in [-0.2, 0) is 4.79 Å². The highest BCUT2D eigenvalue weighted by molar-refractivity contribution is 5.95. The lowest BCUT2D eigenvalue weighted by molar-refractivity contribution is -0.123. The number of ether oxygens (including phenoxy) is 2. The molecule has 0 bridgehead atoms. The van der Waals surface area contributed by atoms with Crippen molar-refractivity contribution in [1.29, 1.82) is 0 Å². The first kappa shape index (κ1) is 21.1. The number of amides is 2. The zero-order valence-corrected chi connectivity index (χ0v) is 15.6. The van der Waals surface area contributed by atoms with E-state index in [4.69, 9.17) is 9.47 Å². The molecular formula is C17H26ClN3O4. The molecule has 1 saturated heterocycles.